The molecule has 1 fully saturated rings. The fraction of sp³-hybridized carbons (Fsp3) is 0.538. The third kappa shape index (κ3) is 2.77. The van der Waals surface area contributed by atoms with Crippen LogP contribution in [0.2, 0.25) is 10.0 Å². The zero-order chi connectivity index (χ0) is 15.1. The second kappa shape index (κ2) is 5.72. The van der Waals surface area contributed by atoms with Crippen LogP contribution in [-0.2, 0) is 10.0 Å². The van der Waals surface area contributed by atoms with E-state index in [1.807, 2.05) is 0 Å². The monoisotopic (exact) mass is 336 g/mol. The number of piperidine rings is 1. The number of rotatable bonds is 2. The Balaban J connectivity index is 2.39. The molecule has 1 aliphatic heterocycles. The second-order valence-electron chi connectivity index (χ2n) is 5.38. The minimum absolute atomic E-state index is 0.00350. The summed E-state index contributed by atoms with van der Waals surface area (Å²) in [5.74, 6) is 0.842. The first-order valence-corrected chi connectivity index (χ1v) is 8.68. The molecule has 20 heavy (non-hydrogen) atoms. The molecule has 1 heterocycles. The topological polar surface area (TPSA) is 63.4 Å². The Morgan fingerprint density at radius 3 is 2.50 bits per heavy atom. The fourth-order valence-corrected chi connectivity index (χ4v) is 4.63. The molecule has 2 rings (SSSR count). The lowest BCUT2D eigenvalue weighted by molar-refractivity contribution is 0.212. The largest absolute Gasteiger partial charge is 0.396 e. The number of hydrogen-bond acceptors (Lipinski definition) is 3. The molecule has 0 saturated carbocycles. The van der Waals surface area contributed by atoms with Gasteiger partial charge in [0.05, 0.1) is 15.7 Å². The van der Waals surface area contributed by atoms with Crippen LogP contribution >= 0.6 is 23.2 Å². The van der Waals surface area contributed by atoms with E-state index in [0.717, 1.165) is 6.42 Å². The Kier molecular flexibility index (Phi) is 4.54. The van der Waals surface area contributed by atoms with Crippen molar-refractivity contribution in [1.82, 2.24) is 4.31 Å². The van der Waals surface area contributed by atoms with Crippen LogP contribution < -0.4 is 5.73 Å². The highest BCUT2D eigenvalue weighted by Gasteiger charge is 2.33. The van der Waals surface area contributed by atoms with Crippen LogP contribution in [0.4, 0.5) is 5.69 Å². The first-order chi connectivity index (χ1) is 9.25. The third-order valence-corrected chi connectivity index (χ3v) is 6.76. The van der Waals surface area contributed by atoms with Gasteiger partial charge in [0, 0.05) is 13.1 Å². The van der Waals surface area contributed by atoms with Gasteiger partial charge in [0.15, 0.2) is 0 Å². The van der Waals surface area contributed by atoms with E-state index in [4.69, 9.17) is 28.9 Å². The Bertz CT molecular complexity index is 619. The van der Waals surface area contributed by atoms with Crippen LogP contribution in [0, 0.1) is 11.8 Å². The SMILES string of the molecule is CC1CCN(S(=O)(=O)c2ccc(Cl)c(N)c2Cl)CC1C. The lowest BCUT2D eigenvalue weighted by Crippen LogP contribution is -2.42. The molecule has 0 aliphatic carbocycles. The highest BCUT2D eigenvalue weighted by molar-refractivity contribution is 7.89. The van der Waals surface area contributed by atoms with Gasteiger partial charge in [0.1, 0.15) is 4.90 Å². The summed E-state index contributed by atoms with van der Waals surface area (Å²) >= 11 is 11.9. The molecule has 0 spiro atoms. The van der Waals surface area contributed by atoms with Crippen molar-refractivity contribution in [3.8, 4) is 0 Å². The number of nitrogens with zero attached hydrogens (tertiary/aromatic N) is 1. The summed E-state index contributed by atoms with van der Waals surface area (Å²) in [6.45, 7) is 5.21. The summed E-state index contributed by atoms with van der Waals surface area (Å²) in [6, 6.07) is 2.88. The van der Waals surface area contributed by atoms with Gasteiger partial charge in [-0.05, 0) is 30.4 Å². The van der Waals surface area contributed by atoms with Gasteiger partial charge in [-0.3, -0.25) is 0 Å². The van der Waals surface area contributed by atoms with Gasteiger partial charge < -0.3 is 5.73 Å². The van der Waals surface area contributed by atoms with Crippen LogP contribution in [0.5, 0.6) is 0 Å². The van der Waals surface area contributed by atoms with E-state index in [-0.39, 0.29) is 20.6 Å². The van der Waals surface area contributed by atoms with E-state index in [2.05, 4.69) is 13.8 Å². The maximum absolute atomic E-state index is 12.7. The van der Waals surface area contributed by atoms with Crippen molar-refractivity contribution >= 4 is 38.9 Å². The molecule has 2 N–H and O–H groups in total. The van der Waals surface area contributed by atoms with Crippen molar-refractivity contribution in [2.45, 2.75) is 25.2 Å². The first kappa shape index (κ1) is 15.9. The molecule has 1 saturated heterocycles. The number of nitrogens with two attached hydrogens (primary N) is 1. The van der Waals surface area contributed by atoms with Crippen molar-refractivity contribution in [3.05, 3.63) is 22.2 Å². The van der Waals surface area contributed by atoms with Crippen molar-refractivity contribution in [2.24, 2.45) is 11.8 Å². The lowest BCUT2D eigenvalue weighted by Gasteiger charge is -2.34. The van der Waals surface area contributed by atoms with Gasteiger partial charge in [-0.15, -0.1) is 0 Å². The van der Waals surface area contributed by atoms with Crippen molar-refractivity contribution in [2.75, 3.05) is 18.8 Å². The van der Waals surface area contributed by atoms with E-state index in [9.17, 15) is 8.42 Å². The Morgan fingerprint density at radius 1 is 1.25 bits per heavy atom. The van der Waals surface area contributed by atoms with E-state index < -0.39 is 10.0 Å². The highest BCUT2D eigenvalue weighted by Crippen LogP contribution is 2.36. The van der Waals surface area contributed by atoms with E-state index in [1.54, 1.807) is 0 Å². The molecule has 7 heteroatoms. The zero-order valence-electron chi connectivity index (χ0n) is 11.4. The second-order valence-corrected chi connectivity index (χ2v) is 8.07. The molecule has 1 aliphatic rings. The third-order valence-electron chi connectivity index (χ3n) is 4.01. The molecule has 0 amide bonds. The number of anilines is 1. The Morgan fingerprint density at radius 2 is 1.90 bits per heavy atom. The molecule has 1 aromatic carbocycles. The van der Waals surface area contributed by atoms with Gasteiger partial charge in [-0.25, -0.2) is 8.42 Å². The normalized spacial score (nSPS) is 24.8. The maximum Gasteiger partial charge on any atom is 0.244 e. The number of benzene rings is 1. The number of halogens is 2. The van der Waals surface area contributed by atoms with Gasteiger partial charge in [0.2, 0.25) is 10.0 Å². The molecule has 2 unspecified atom stereocenters. The number of hydrogen-bond donors (Lipinski definition) is 1. The van der Waals surface area contributed by atoms with Crippen LogP contribution in [0.3, 0.4) is 0 Å². The quantitative estimate of drug-likeness (QED) is 0.843. The molecule has 0 radical (unpaired) electrons. The van der Waals surface area contributed by atoms with Crippen molar-refractivity contribution in [3.63, 3.8) is 0 Å². The zero-order valence-corrected chi connectivity index (χ0v) is 13.8. The van der Waals surface area contributed by atoms with Gasteiger partial charge in [-0.1, -0.05) is 37.0 Å². The van der Waals surface area contributed by atoms with Gasteiger partial charge >= 0.3 is 0 Å². The molecule has 0 aromatic heterocycles. The lowest BCUT2D eigenvalue weighted by atomic mass is 9.90. The summed E-state index contributed by atoms with van der Waals surface area (Å²) in [5.41, 5.74) is 5.82. The Hall–Kier alpha value is -0.490. The number of sulfonamides is 1. The summed E-state index contributed by atoms with van der Waals surface area (Å²) < 4.78 is 26.8. The minimum atomic E-state index is -3.63. The summed E-state index contributed by atoms with van der Waals surface area (Å²) in [4.78, 5) is 0.0304. The number of nitrogen functional groups attached to an aromatic ring is 1. The summed E-state index contributed by atoms with van der Waals surface area (Å²) in [6.07, 6.45) is 0.848. The molecule has 1 aromatic rings. The molecular weight excluding hydrogens is 319 g/mol. The van der Waals surface area contributed by atoms with Gasteiger partial charge in [0.25, 0.3) is 0 Å². The molecule has 0 bridgehead atoms. The minimum Gasteiger partial charge on any atom is -0.396 e. The van der Waals surface area contributed by atoms with Crippen molar-refractivity contribution < 1.29 is 8.42 Å². The standard InChI is InChI=1S/C13H18Cl2N2O2S/c1-8-5-6-17(7-9(8)2)20(18,19)11-4-3-10(14)13(16)12(11)15/h3-4,8-9H,5-7,16H2,1-2H3. The maximum atomic E-state index is 12.7. The highest BCUT2D eigenvalue weighted by atomic mass is 35.5. The predicted molar refractivity (Wildman–Crippen MR) is 82.6 cm³/mol. The van der Waals surface area contributed by atoms with E-state index in [1.165, 1.54) is 16.4 Å². The van der Waals surface area contributed by atoms with Crippen LogP contribution in [0.15, 0.2) is 17.0 Å². The van der Waals surface area contributed by atoms with E-state index >= 15 is 0 Å². The van der Waals surface area contributed by atoms with Crippen LogP contribution in [0.1, 0.15) is 20.3 Å². The van der Waals surface area contributed by atoms with Gasteiger partial charge in [-0.2, -0.15) is 4.31 Å². The smallest absolute Gasteiger partial charge is 0.244 e. The molecule has 112 valence electrons. The summed E-state index contributed by atoms with van der Waals surface area (Å²) in [7, 11) is -3.63. The average molecular weight is 337 g/mol. The first-order valence-electron chi connectivity index (χ1n) is 6.48. The van der Waals surface area contributed by atoms with Crippen LogP contribution in [-0.4, -0.2) is 25.8 Å². The van der Waals surface area contributed by atoms with Crippen LogP contribution in [0.25, 0.3) is 0 Å². The van der Waals surface area contributed by atoms with E-state index in [0.29, 0.717) is 24.9 Å². The molecular formula is C13H18Cl2N2O2S. The fourth-order valence-electron chi connectivity index (χ4n) is 2.33. The molecule has 2 atom stereocenters. The predicted octanol–water partition coefficient (Wildman–Crippen LogP) is 3.24. The van der Waals surface area contributed by atoms with Crippen molar-refractivity contribution in [1.29, 1.82) is 0 Å². The summed E-state index contributed by atoms with van der Waals surface area (Å²) in [5, 5.41) is 0.262. The molecule has 4 nitrogen and oxygen atoms in total. The average Bonchev–Trinajstić information content (AvgIpc) is 2.38. The Labute approximate surface area is 129 Å².